The fourth-order valence-corrected chi connectivity index (χ4v) is 4.67. The van der Waals surface area contributed by atoms with Gasteiger partial charge in [0.05, 0.1) is 11.5 Å². The van der Waals surface area contributed by atoms with Crippen molar-refractivity contribution in [1.82, 2.24) is 9.62 Å². The highest BCUT2D eigenvalue weighted by atomic mass is 32.2. The van der Waals surface area contributed by atoms with Gasteiger partial charge in [0.1, 0.15) is 0 Å². The Morgan fingerprint density at radius 1 is 1.32 bits per heavy atom. The zero-order valence-electron chi connectivity index (χ0n) is 15.2. The second kappa shape index (κ2) is 8.78. The van der Waals surface area contributed by atoms with Crippen LogP contribution in [0.15, 0.2) is 29.2 Å². The SMILES string of the molecule is COCC(C)NC(=O)c1cccc(S(=O)(=O)N(C)C2CCCCC2)c1. The Labute approximate surface area is 150 Å². The molecule has 0 spiro atoms. The number of hydrogen-bond acceptors (Lipinski definition) is 4. The van der Waals surface area contributed by atoms with Crippen molar-refractivity contribution in [3.05, 3.63) is 29.8 Å². The van der Waals surface area contributed by atoms with Crippen LogP contribution < -0.4 is 5.32 Å². The summed E-state index contributed by atoms with van der Waals surface area (Å²) in [4.78, 5) is 12.5. The van der Waals surface area contributed by atoms with Gasteiger partial charge in [0, 0.05) is 31.8 Å². The van der Waals surface area contributed by atoms with E-state index in [0.717, 1.165) is 25.7 Å². The van der Waals surface area contributed by atoms with Crippen LogP contribution in [0.2, 0.25) is 0 Å². The summed E-state index contributed by atoms with van der Waals surface area (Å²) in [5, 5.41) is 2.80. The molecule has 1 amide bonds. The normalized spacial score (nSPS) is 17.4. The van der Waals surface area contributed by atoms with Gasteiger partial charge in [-0.1, -0.05) is 25.3 Å². The second-order valence-electron chi connectivity index (χ2n) is 6.67. The Hall–Kier alpha value is -1.44. The largest absolute Gasteiger partial charge is 0.383 e. The Morgan fingerprint density at radius 2 is 2.00 bits per heavy atom. The van der Waals surface area contributed by atoms with Gasteiger partial charge in [-0.25, -0.2) is 8.42 Å². The average molecular weight is 368 g/mol. The van der Waals surface area contributed by atoms with E-state index in [1.165, 1.54) is 16.8 Å². The fraction of sp³-hybridized carbons (Fsp3) is 0.611. The van der Waals surface area contributed by atoms with Crippen molar-refractivity contribution < 1.29 is 17.9 Å². The minimum absolute atomic E-state index is 0.0398. The van der Waals surface area contributed by atoms with Gasteiger partial charge in [-0.3, -0.25) is 4.79 Å². The monoisotopic (exact) mass is 368 g/mol. The molecule has 0 bridgehead atoms. The molecule has 1 aromatic rings. The number of amides is 1. The molecule has 0 heterocycles. The summed E-state index contributed by atoms with van der Waals surface area (Å²) in [6.45, 7) is 2.23. The quantitative estimate of drug-likeness (QED) is 0.802. The third-order valence-corrected chi connectivity index (χ3v) is 6.56. The van der Waals surface area contributed by atoms with Gasteiger partial charge >= 0.3 is 0 Å². The predicted molar refractivity (Wildman–Crippen MR) is 97.1 cm³/mol. The number of hydrogen-bond donors (Lipinski definition) is 1. The number of methoxy groups -OCH3 is 1. The first kappa shape index (κ1) is 19.9. The van der Waals surface area contributed by atoms with Crippen LogP contribution >= 0.6 is 0 Å². The van der Waals surface area contributed by atoms with E-state index in [-0.39, 0.29) is 22.9 Å². The van der Waals surface area contributed by atoms with Crippen molar-refractivity contribution in [3.8, 4) is 0 Å². The van der Waals surface area contributed by atoms with E-state index >= 15 is 0 Å². The number of nitrogens with zero attached hydrogens (tertiary/aromatic N) is 1. The van der Waals surface area contributed by atoms with Crippen molar-refractivity contribution in [2.45, 2.75) is 56.0 Å². The molecule has 0 radical (unpaired) electrons. The highest BCUT2D eigenvalue weighted by Crippen LogP contribution is 2.26. The minimum Gasteiger partial charge on any atom is -0.383 e. The summed E-state index contributed by atoms with van der Waals surface area (Å²) in [6.07, 6.45) is 5.07. The van der Waals surface area contributed by atoms with Crippen molar-refractivity contribution >= 4 is 15.9 Å². The number of carbonyl (C=O) groups excluding carboxylic acids is 1. The van der Waals surface area contributed by atoms with E-state index in [0.29, 0.717) is 12.2 Å². The molecule has 6 nitrogen and oxygen atoms in total. The summed E-state index contributed by atoms with van der Waals surface area (Å²) in [6, 6.07) is 6.11. The Bertz CT molecular complexity index is 684. The number of nitrogens with one attached hydrogen (secondary N) is 1. The lowest BCUT2D eigenvalue weighted by Gasteiger charge is -2.30. The number of benzene rings is 1. The van der Waals surface area contributed by atoms with Crippen LogP contribution in [-0.4, -0.2) is 51.5 Å². The van der Waals surface area contributed by atoms with Gasteiger partial charge in [-0.2, -0.15) is 4.31 Å². The molecule has 1 N–H and O–H groups in total. The van der Waals surface area contributed by atoms with Crippen molar-refractivity contribution in [2.75, 3.05) is 20.8 Å². The highest BCUT2D eigenvalue weighted by Gasteiger charge is 2.29. The lowest BCUT2D eigenvalue weighted by molar-refractivity contribution is 0.0905. The lowest BCUT2D eigenvalue weighted by Crippen LogP contribution is -2.38. The summed E-state index contributed by atoms with van der Waals surface area (Å²) in [5.74, 6) is -0.304. The third kappa shape index (κ3) is 5.03. The molecule has 1 aromatic carbocycles. The average Bonchev–Trinajstić information content (AvgIpc) is 2.62. The molecule has 7 heteroatoms. The second-order valence-corrected chi connectivity index (χ2v) is 8.67. The van der Waals surface area contributed by atoms with Crippen LogP contribution in [-0.2, 0) is 14.8 Å². The maximum Gasteiger partial charge on any atom is 0.251 e. The summed E-state index contributed by atoms with van der Waals surface area (Å²) < 4.78 is 32.3. The van der Waals surface area contributed by atoms with E-state index in [1.54, 1.807) is 32.4 Å². The molecule has 1 unspecified atom stereocenters. The number of sulfonamides is 1. The minimum atomic E-state index is -3.60. The van der Waals surface area contributed by atoms with Crippen LogP contribution in [0.3, 0.4) is 0 Å². The standard InChI is InChI=1S/C18H28N2O4S/c1-14(13-24-3)19-18(21)15-8-7-11-17(12-15)25(22,23)20(2)16-9-5-4-6-10-16/h7-8,11-12,14,16H,4-6,9-10,13H2,1-3H3,(H,19,21). The molecule has 25 heavy (non-hydrogen) atoms. The van der Waals surface area contributed by atoms with Crippen LogP contribution in [0.25, 0.3) is 0 Å². The molecular formula is C18H28N2O4S. The van der Waals surface area contributed by atoms with Gasteiger partial charge in [0.25, 0.3) is 5.91 Å². The van der Waals surface area contributed by atoms with E-state index in [4.69, 9.17) is 4.74 Å². The fourth-order valence-electron chi connectivity index (χ4n) is 3.20. The van der Waals surface area contributed by atoms with E-state index in [1.807, 2.05) is 6.92 Å². The molecule has 1 saturated carbocycles. The summed E-state index contributed by atoms with van der Waals surface area (Å²) >= 11 is 0. The first-order valence-corrected chi connectivity index (χ1v) is 10.2. The highest BCUT2D eigenvalue weighted by molar-refractivity contribution is 7.89. The maximum absolute atomic E-state index is 12.9. The van der Waals surface area contributed by atoms with Gasteiger partial charge in [0.15, 0.2) is 0 Å². The lowest BCUT2D eigenvalue weighted by atomic mass is 9.96. The molecule has 0 aromatic heterocycles. The van der Waals surface area contributed by atoms with Crippen LogP contribution in [0.4, 0.5) is 0 Å². The first-order chi connectivity index (χ1) is 11.9. The van der Waals surface area contributed by atoms with Crippen molar-refractivity contribution in [1.29, 1.82) is 0 Å². The molecule has 0 aliphatic heterocycles. The number of rotatable bonds is 7. The predicted octanol–water partition coefficient (Wildman–Crippen LogP) is 2.40. The van der Waals surface area contributed by atoms with Gasteiger partial charge in [0.2, 0.25) is 10.0 Å². The van der Waals surface area contributed by atoms with Crippen LogP contribution in [0.1, 0.15) is 49.4 Å². The molecule has 1 aliphatic carbocycles. The van der Waals surface area contributed by atoms with Gasteiger partial charge < -0.3 is 10.1 Å². The smallest absolute Gasteiger partial charge is 0.251 e. The zero-order chi connectivity index (χ0) is 18.4. The Morgan fingerprint density at radius 3 is 2.64 bits per heavy atom. The molecule has 1 atom stereocenters. The number of carbonyl (C=O) groups is 1. The Balaban J connectivity index is 2.17. The molecule has 140 valence electrons. The molecule has 2 rings (SSSR count). The Kier molecular flexibility index (Phi) is 6.98. The molecule has 1 aliphatic rings. The first-order valence-electron chi connectivity index (χ1n) is 8.74. The third-order valence-electron chi connectivity index (χ3n) is 4.66. The summed E-state index contributed by atoms with van der Waals surface area (Å²) in [5.41, 5.74) is 0.334. The van der Waals surface area contributed by atoms with Gasteiger partial charge in [-0.15, -0.1) is 0 Å². The van der Waals surface area contributed by atoms with Crippen LogP contribution in [0, 0.1) is 0 Å². The van der Waals surface area contributed by atoms with E-state index in [9.17, 15) is 13.2 Å². The van der Waals surface area contributed by atoms with Crippen molar-refractivity contribution in [3.63, 3.8) is 0 Å². The summed E-state index contributed by atoms with van der Waals surface area (Å²) in [7, 11) is -0.401. The van der Waals surface area contributed by atoms with Gasteiger partial charge in [-0.05, 0) is 38.0 Å². The molecular weight excluding hydrogens is 340 g/mol. The maximum atomic E-state index is 12.9. The topological polar surface area (TPSA) is 75.7 Å². The van der Waals surface area contributed by atoms with E-state index in [2.05, 4.69) is 5.32 Å². The van der Waals surface area contributed by atoms with E-state index < -0.39 is 10.0 Å². The molecule has 1 fully saturated rings. The van der Waals surface area contributed by atoms with Crippen LogP contribution in [0.5, 0.6) is 0 Å². The molecule has 0 saturated heterocycles. The number of ether oxygens (including phenoxy) is 1. The zero-order valence-corrected chi connectivity index (χ0v) is 16.0. The van der Waals surface area contributed by atoms with Crippen molar-refractivity contribution in [2.24, 2.45) is 0 Å².